The molecule has 2 aromatic heterocycles. The van der Waals surface area contributed by atoms with Crippen molar-refractivity contribution in [3.05, 3.63) is 94.0 Å². The van der Waals surface area contributed by atoms with Crippen LogP contribution in [0, 0.1) is 11.6 Å². The molecule has 0 atom stereocenters. The summed E-state index contributed by atoms with van der Waals surface area (Å²) >= 11 is 14.3. The van der Waals surface area contributed by atoms with E-state index in [2.05, 4.69) is 20.5 Å². The van der Waals surface area contributed by atoms with E-state index < -0.39 is 0 Å². The standard InChI is InChI=1S/C22H18Cl2F2N6S/c1-33-22(29-18-10-27-31(20(18)23)12-14-6-2-4-8-16(14)25)30-19-11-28-32(21(19)24)13-15-7-3-5-9-17(15)26/h2-11H,12-13H2,1H3,(H,29,30)/p+1. The van der Waals surface area contributed by atoms with Crippen molar-refractivity contribution in [3.63, 3.8) is 0 Å². The van der Waals surface area contributed by atoms with Crippen molar-refractivity contribution >= 4 is 51.5 Å². The number of aliphatic imine (C=N–C) groups is 1. The number of benzene rings is 2. The number of hydrogen-bond donors (Lipinski definition) is 2. The second-order valence-electron chi connectivity index (χ2n) is 6.97. The van der Waals surface area contributed by atoms with E-state index in [-0.39, 0.29) is 29.9 Å². The number of thioether (sulfide) groups is 1. The van der Waals surface area contributed by atoms with Gasteiger partial charge in [0.25, 0.3) is 0 Å². The van der Waals surface area contributed by atoms with Crippen molar-refractivity contribution in [3.8, 4) is 0 Å². The average molecular weight is 508 g/mol. The monoisotopic (exact) mass is 507 g/mol. The van der Waals surface area contributed by atoms with E-state index >= 15 is 0 Å². The third kappa shape index (κ3) is 5.38. The maximum atomic E-state index is 14.0. The summed E-state index contributed by atoms with van der Waals surface area (Å²) in [4.78, 5) is 4.52. The lowest BCUT2D eigenvalue weighted by Crippen LogP contribution is -2.37. The number of aromatic amines is 1. The smallest absolute Gasteiger partial charge is 0.324 e. The van der Waals surface area contributed by atoms with Gasteiger partial charge in [-0.1, -0.05) is 58.4 Å². The Morgan fingerprint density at radius 1 is 1.12 bits per heavy atom. The minimum atomic E-state index is -0.327. The van der Waals surface area contributed by atoms with Gasteiger partial charge in [-0.05, 0) is 36.1 Å². The Balaban J connectivity index is 1.51. The number of anilines is 1. The van der Waals surface area contributed by atoms with Gasteiger partial charge >= 0.3 is 5.15 Å². The minimum absolute atomic E-state index is 0.183. The lowest BCUT2D eigenvalue weighted by atomic mass is 10.2. The predicted octanol–water partition coefficient (Wildman–Crippen LogP) is 5.64. The van der Waals surface area contributed by atoms with Crippen LogP contribution in [0.3, 0.4) is 0 Å². The van der Waals surface area contributed by atoms with Crippen molar-refractivity contribution in [2.24, 2.45) is 4.99 Å². The van der Waals surface area contributed by atoms with Gasteiger partial charge in [-0.15, -0.1) is 0 Å². The molecule has 2 N–H and O–H groups in total. The van der Waals surface area contributed by atoms with Crippen LogP contribution in [0.1, 0.15) is 11.1 Å². The van der Waals surface area contributed by atoms with Crippen molar-refractivity contribution in [1.29, 1.82) is 0 Å². The number of nitrogens with zero attached hydrogens (tertiary/aromatic N) is 4. The largest absolute Gasteiger partial charge is 0.327 e. The van der Waals surface area contributed by atoms with Gasteiger partial charge in [0, 0.05) is 5.56 Å². The van der Waals surface area contributed by atoms with E-state index in [4.69, 9.17) is 23.2 Å². The topological polar surface area (TPSA) is 61.9 Å². The zero-order chi connectivity index (χ0) is 23.4. The molecule has 0 saturated heterocycles. The Bertz CT molecular complexity index is 1300. The quantitative estimate of drug-likeness (QED) is 0.201. The Labute approximate surface area is 203 Å². The van der Waals surface area contributed by atoms with Gasteiger partial charge < -0.3 is 5.32 Å². The summed E-state index contributed by atoms with van der Waals surface area (Å²) in [6.07, 6.45) is 5.02. The second kappa shape index (κ2) is 10.4. The fourth-order valence-electron chi connectivity index (χ4n) is 3.09. The van der Waals surface area contributed by atoms with Crippen molar-refractivity contribution in [2.75, 3.05) is 11.6 Å². The van der Waals surface area contributed by atoms with Crippen LogP contribution in [0.5, 0.6) is 0 Å². The molecule has 2 heterocycles. The molecule has 0 aliphatic carbocycles. The number of aromatic nitrogens is 4. The van der Waals surface area contributed by atoms with E-state index in [0.29, 0.717) is 32.8 Å². The van der Waals surface area contributed by atoms with E-state index in [1.807, 2.05) is 6.26 Å². The highest BCUT2D eigenvalue weighted by Gasteiger charge is 2.20. The second-order valence-corrected chi connectivity index (χ2v) is 8.48. The van der Waals surface area contributed by atoms with Crippen LogP contribution < -0.4 is 10.00 Å². The van der Waals surface area contributed by atoms with Gasteiger partial charge in [-0.2, -0.15) is 10.2 Å². The molecule has 4 rings (SSSR count). The summed E-state index contributed by atoms with van der Waals surface area (Å²) < 4.78 is 31.0. The van der Waals surface area contributed by atoms with E-state index in [1.165, 1.54) is 34.8 Å². The molecule has 4 aromatic rings. The van der Waals surface area contributed by atoms with E-state index in [9.17, 15) is 8.78 Å². The molecule has 0 aliphatic heterocycles. The van der Waals surface area contributed by atoms with Gasteiger partial charge in [0.1, 0.15) is 17.3 Å². The van der Waals surface area contributed by atoms with Gasteiger partial charge in [0.15, 0.2) is 16.0 Å². The van der Waals surface area contributed by atoms with Crippen LogP contribution in [0.25, 0.3) is 0 Å². The van der Waals surface area contributed by atoms with Crippen LogP contribution in [0.15, 0.2) is 65.9 Å². The average Bonchev–Trinajstić information content (AvgIpc) is 3.33. The molecule has 0 fully saturated rings. The Morgan fingerprint density at radius 3 is 2.45 bits per heavy atom. The summed E-state index contributed by atoms with van der Waals surface area (Å²) in [7, 11) is 0. The summed E-state index contributed by atoms with van der Waals surface area (Å²) in [5.41, 5.74) is 1.97. The fraction of sp³-hybridized carbons (Fsp3) is 0.136. The van der Waals surface area contributed by atoms with Crippen LogP contribution in [-0.4, -0.2) is 26.3 Å². The lowest BCUT2D eigenvalue weighted by Gasteiger charge is -2.06. The molecular formula is C22H19Cl2F2N6S+. The number of hydrogen-bond acceptors (Lipinski definition) is 3. The van der Waals surface area contributed by atoms with Crippen molar-refractivity contribution in [2.45, 2.75) is 13.1 Å². The molecule has 2 aromatic carbocycles. The SMILES string of the molecule is CSC(=Nc1cnn(Cc2ccccc2F)c1Cl)Nc1c[nH][n+](Cc2ccccc2F)c1Cl. The first-order chi connectivity index (χ1) is 16.0. The summed E-state index contributed by atoms with van der Waals surface area (Å²) in [6.45, 7) is 0.427. The Hall–Kier alpha value is -2.88. The van der Waals surface area contributed by atoms with Gasteiger partial charge in [-0.3, -0.25) is 0 Å². The molecule has 0 spiro atoms. The van der Waals surface area contributed by atoms with E-state index in [1.54, 1.807) is 47.3 Å². The Morgan fingerprint density at radius 2 is 1.79 bits per heavy atom. The normalized spacial score (nSPS) is 11.7. The third-order valence-corrected chi connectivity index (χ3v) is 6.18. The first-order valence-electron chi connectivity index (χ1n) is 9.80. The fourth-order valence-corrected chi connectivity index (χ4v) is 3.89. The molecule has 0 saturated carbocycles. The van der Waals surface area contributed by atoms with Crippen molar-refractivity contribution < 1.29 is 13.5 Å². The van der Waals surface area contributed by atoms with Crippen LogP contribution in [0.4, 0.5) is 20.2 Å². The van der Waals surface area contributed by atoms with Gasteiger partial charge in [0.05, 0.1) is 24.5 Å². The lowest BCUT2D eigenvalue weighted by molar-refractivity contribution is -0.740. The molecule has 11 heteroatoms. The molecular weight excluding hydrogens is 489 g/mol. The number of nitrogens with one attached hydrogen (secondary N) is 2. The minimum Gasteiger partial charge on any atom is -0.327 e. The highest BCUT2D eigenvalue weighted by atomic mass is 35.5. The summed E-state index contributed by atoms with van der Waals surface area (Å²) in [5.74, 6) is -0.634. The summed E-state index contributed by atoms with van der Waals surface area (Å²) in [5, 5.41) is 11.5. The number of H-pyrrole nitrogens is 1. The molecule has 6 nitrogen and oxygen atoms in total. The van der Waals surface area contributed by atoms with Crippen LogP contribution in [-0.2, 0) is 13.1 Å². The first-order valence-corrected chi connectivity index (χ1v) is 11.8. The highest BCUT2D eigenvalue weighted by molar-refractivity contribution is 8.13. The third-order valence-electron chi connectivity index (χ3n) is 4.80. The molecule has 0 unspecified atom stereocenters. The Kier molecular flexibility index (Phi) is 7.32. The summed E-state index contributed by atoms with van der Waals surface area (Å²) in [6, 6.07) is 13.0. The zero-order valence-electron chi connectivity index (χ0n) is 17.4. The molecule has 0 radical (unpaired) electrons. The molecule has 0 aliphatic rings. The molecule has 33 heavy (non-hydrogen) atoms. The van der Waals surface area contributed by atoms with Crippen molar-refractivity contribution in [1.82, 2.24) is 14.9 Å². The highest BCUT2D eigenvalue weighted by Crippen LogP contribution is 2.27. The maximum absolute atomic E-state index is 14.0. The van der Waals surface area contributed by atoms with E-state index in [0.717, 1.165) is 0 Å². The zero-order valence-corrected chi connectivity index (χ0v) is 19.7. The first kappa shape index (κ1) is 23.3. The molecule has 170 valence electrons. The molecule has 0 bridgehead atoms. The predicted molar refractivity (Wildman–Crippen MR) is 128 cm³/mol. The van der Waals surface area contributed by atoms with Crippen LogP contribution in [0.2, 0.25) is 10.3 Å². The number of rotatable bonds is 6. The number of amidine groups is 1. The molecule has 0 amide bonds. The number of halogens is 4. The van der Waals surface area contributed by atoms with Gasteiger partial charge in [-0.25, -0.2) is 18.5 Å². The maximum Gasteiger partial charge on any atom is 0.324 e. The van der Waals surface area contributed by atoms with Crippen LogP contribution >= 0.6 is 35.0 Å². The van der Waals surface area contributed by atoms with Gasteiger partial charge in [0.2, 0.25) is 6.54 Å².